The largest absolute Gasteiger partial charge is 0.388 e. The molecule has 0 bridgehead atoms. The highest BCUT2D eigenvalue weighted by Gasteiger charge is 2.39. The summed E-state index contributed by atoms with van der Waals surface area (Å²) >= 11 is 0. The van der Waals surface area contributed by atoms with E-state index in [1.165, 1.54) is 38.8 Å². The maximum atomic E-state index is 10.5. The third kappa shape index (κ3) is 2.67. The minimum atomic E-state index is -0.467. The Morgan fingerprint density at radius 1 is 1.06 bits per heavy atom. The second-order valence-electron chi connectivity index (χ2n) is 6.34. The van der Waals surface area contributed by atoms with Gasteiger partial charge in [0.1, 0.15) is 0 Å². The number of ether oxygens (including phenoxy) is 1. The van der Waals surface area contributed by atoms with Crippen LogP contribution in [-0.4, -0.2) is 48.5 Å². The summed E-state index contributed by atoms with van der Waals surface area (Å²) < 4.78 is 5.35. The number of likely N-dealkylation sites (tertiary alicyclic amines) is 1. The van der Waals surface area contributed by atoms with Crippen molar-refractivity contribution in [1.82, 2.24) is 4.90 Å². The lowest BCUT2D eigenvalue weighted by Gasteiger charge is -2.35. The second kappa shape index (κ2) is 4.87. The van der Waals surface area contributed by atoms with Gasteiger partial charge in [0, 0.05) is 45.7 Å². The van der Waals surface area contributed by atoms with Gasteiger partial charge in [0.2, 0.25) is 0 Å². The van der Waals surface area contributed by atoms with Crippen LogP contribution in [0.1, 0.15) is 38.5 Å². The summed E-state index contributed by atoms with van der Waals surface area (Å²) in [5.74, 6) is 1.85. The maximum Gasteiger partial charge on any atom is 0.0817 e. The average molecular weight is 239 g/mol. The van der Waals surface area contributed by atoms with Gasteiger partial charge < -0.3 is 9.84 Å². The molecule has 3 rings (SSSR count). The predicted molar refractivity (Wildman–Crippen MR) is 66.9 cm³/mol. The molecule has 3 heteroatoms. The maximum absolute atomic E-state index is 10.5. The van der Waals surface area contributed by atoms with Crippen molar-refractivity contribution in [2.45, 2.75) is 44.1 Å². The van der Waals surface area contributed by atoms with Crippen LogP contribution in [0, 0.1) is 11.8 Å². The van der Waals surface area contributed by atoms with Gasteiger partial charge in [0.05, 0.1) is 5.60 Å². The highest BCUT2D eigenvalue weighted by molar-refractivity contribution is 4.92. The van der Waals surface area contributed by atoms with Gasteiger partial charge in [-0.15, -0.1) is 0 Å². The number of nitrogens with zero attached hydrogens (tertiary/aromatic N) is 1. The fraction of sp³-hybridized carbons (Fsp3) is 1.00. The van der Waals surface area contributed by atoms with Crippen LogP contribution < -0.4 is 0 Å². The summed E-state index contributed by atoms with van der Waals surface area (Å²) in [7, 11) is 0. The van der Waals surface area contributed by atoms with E-state index in [-0.39, 0.29) is 0 Å². The van der Waals surface area contributed by atoms with E-state index in [4.69, 9.17) is 4.74 Å². The Morgan fingerprint density at radius 3 is 2.24 bits per heavy atom. The van der Waals surface area contributed by atoms with Crippen molar-refractivity contribution in [1.29, 1.82) is 0 Å². The summed E-state index contributed by atoms with van der Waals surface area (Å²) in [5.41, 5.74) is -0.467. The van der Waals surface area contributed by atoms with E-state index in [2.05, 4.69) is 4.90 Å². The quantitative estimate of drug-likeness (QED) is 0.795. The summed E-state index contributed by atoms with van der Waals surface area (Å²) in [4.78, 5) is 2.52. The van der Waals surface area contributed by atoms with Crippen molar-refractivity contribution in [2.24, 2.45) is 11.8 Å². The van der Waals surface area contributed by atoms with Crippen LogP contribution in [-0.2, 0) is 4.74 Å². The van der Waals surface area contributed by atoms with Crippen molar-refractivity contribution in [3.8, 4) is 0 Å². The molecule has 1 saturated carbocycles. The zero-order chi connectivity index (χ0) is 11.7. The van der Waals surface area contributed by atoms with Gasteiger partial charge in [-0.3, -0.25) is 4.90 Å². The van der Waals surface area contributed by atoms with Crippen molar-refractivity contribution in [3.63, 3.8) is 0 Å². The summed E-state index contributed by atoms with van der Waals surface area (Å²) in [6.07, 6.45) is 7.32. The van der Waals surface area contributed by atoms with Gasteiger partial charge in [-0.2, -0.15) is 0 Å². The first-order valence-electron chi connectivity index (χ1n) is 7.28. The summed E-state index contributed by atoms with van der Waals surface area (Å²) in [6.45, 7) is 4.80. The molecular formula is C14H25NO2. The molecular weight excluding hydrogens is 214 g/mol. The first-order chi connectivity index (χ1) is 8.25. The lowest BCUT2D eigenvalue weighted by molar-refractivity contribution is -0.0777. The minimum absolute atomic E-state index is 0.467. The normalized spacial score (nSPS) is 37.9. The molecule has 2 aliphatic heterocycles. The van der Waals surface area contributed by atoms with Crippen LogP contribution in [0.15, 0.2) is 0 Å². The van der Waals surface area contributed by atoms with Crippen molar-refractivity contribution in [2.75, 3.05) is 32.8 Å². The van der Waals surface area contributed by atoms with E-state index in [0.29, 0.717) is 0 Å². The third-order valence-corrected chi connectivity index (χ3v) is 4.99. The van der Waals surface area contributed by atoms with E-state index >= 15 is 0 Å². The lowest BCUT2D eigenvalue weighted by Crippen LogP contribution is -2.46. The molecule has 17 heavy (non-hydrogen) atoms. The topological polar surface area (TPSA) is 32.7 Å². The van der Waals surface area contributed by atoms with E-state index < -0.39 is 5.60 Å². The molecule has 1 N–H and O–H groups in total. The van der Waals surface area contributed by atoms with Gasteiger partial charge in [0.15, 0.2) is 0 Å². The minimum Gasteiger partial charge on any atom is -0.388 e. The molecule has 3 aliphatic rings. The molecule has 0 radical (unpaired) electrons. The van der Waals surface area contributed by atoms with Crippen LogP contribution >= 0.6 is 0 Å². The molecule has 3 nitrogen and oxygen atoms in total. The number of β-amino-alcohol motifs (C(OH)–C–C–N with tert-alkyl or cyclic N) is 1. The summed E-state index contributed by atoms with van der Waals surface area (Å²) in [6, 6.07) is 0. The smallest absolute Gasteiger partial charge is 0.0817 e. The molecule has 0 aromatic heterocycles. The Hall–Kier alpha value is -0.120. The van der Waals surface area contributed by atoms with Gasteiger partial charge in [0.25, 0.3) is 0 Å². The molecule has 2 unspecified atom stereocenters. The van der Waals surface area contributed by atoms with E-state index in [0.717, 1.165) is 44.4 Å². The molecule has 2 saturated heterocycles. The van der Waals surface area contributed by atoms with E-state index in [9.17, 15) is 5.11 Å². The first-order valence-corrected chi connectivity index (χ1v) is 7.28. The van der Waals surface area contributed by atoms with E-state index in [1.807, 2.05) is 0 Å². The fourth-order valence-electron chi connectivity index (χ4n) is 3.96. The number of aliphatic hydroxyl groups is 1. The van der Waals surface area contributed by atoms with Gasteiger partial charge in [-0.05, 0) is 24.7 Å². The molecule has 3 fully saturated rings. The predicted octanol–water partition coefficient (Wildman–Crippen LogP) is 1.65. The molecule has 2 heterocycles. The molecule has 2 atom stereocenters. The van der Waals surface area contributed by atoms with Crippen molar-refractivity contribution in [3.05, 3.63) is 0 Å². The third-order valence-electron chi connectivity index (χ3n) is 4.99. The molecule has 0 aromatic rings. The number of fused-ring (bicyclic) bond motifs is 1. The zero-order valence-corrected chi connectivity index (χ0v) is 10.7. The van der Waals surface area contributed by atoms with Crippen LogP contribution in [0.25, 0.3) is 0 Å². The number of rotatable bonds is 2. The van der Waals surface area contributed by atoms with Crippen LogP contribution in [0.4, 0.5) is 0 Å². The molecule has 98 valence electrons. The Kier molecular flexibility index (Phi) is 3.42. The monoisotopic (exact) mass is 239 g/mol. The van der Waals surface area contributed by atoms with Crippen LogP contribution in [0.2, 0.25) is 0 Å². The number of hydrogen-bond donors (Lipinski definition) is 1. The highest BCUT2D eigenvalue weighted by Crippen LogP contribution is 2.37. The summed E-state index contributed by atoms with van der Waals surface area (Å²) in [5, 5.41) is 10.5. The average Bonchev–Trinajstić information content (AvgIpc) is 2.71. The lowest BCUT2D eigenvalue weighted by atomic mass is 9.82. The van der Waals surface area contributed by atoms with Gasteiger partial charge in [-0.25, -0.2) is 0 Å². The second-order valence-corrected chi connectivity index (χ2v) is 6.34. The van der Waals surface area contributed by atoms with Gasteiger partial charge >= 0.3 is 0 Å². The zero-order valence-electron chi connectivity index (χ0n) is 10.7. The van der Waals surface area contributed by atoms with Crippen LogP contribution in [0.3, 0.4) is 0 Å². The highest BCUT2D eigenvalue weighted by atomic mass is 16.5. The SMILES string of the molecule is OC1(CN2CC3CCCCC3C2)CCOCC1. The van der Waals surface area contributed by atoms with Crippen molar-refractivity contribution < 1.29 is 9.84 Å². The Morgan fingerprint density at radius 2 is 1.65 bits per heavy atom. The standard InChI is InChI=1S/C14H25NO2/c16-14(5-7-17-8-6-14)11-15-9-12-3-1-2-4-13(12)10-15/h12-13,16H,1-11H2. The Balaban J connectivity index is 1.55. The number of hydrogen-bond acceptors (Lipinski definition) is 3. The molecule has 1 aliphatic carbocycles. The fourth-order valence-corrected chi connectivity index (χ4v) is 3.96. The molecule has 0 spiro atoms. The van der Waals surface area contributed by atoms with E-state index in [1.54, 1.807) is 0 Å². The first kappa shape index (κ1) is 11.9. The van der Waals surface area contributed by atoms with Gasteiger partial charge in [-0.1, -0.05) is 12.8 Å². The Labute approximate surface area is 104 Å². The van der Waals surface area contributed by atoms with Crippen LogP contribution in [0.5, 0.6) is 0 Å². The Bertz CT molecular complexity index is 249. The molecule has 0 amide bonds. The molecule has 0 aromatic carbocycles. The van der Waals surface area contributed by atoms with Crippen molar-refractivity contribution >= 4 is 0 Å².